The molecule has 0 amide bonds. The van der Waals surface area contributed by atoms with Crippen LogP contribution in [0, 0.1) is 6.92 Å². The molecule has 2 heteroatoms. The first-order valence-electron chi connectivity index (χ1n) is 4.62. The van der Waals surface area contributed by atoms with Crippen molar-refractivity contribution in [2.24, 2.45) is 0 Å². The Balaban J connectivity index is 2.83. The van der Waals surface area contributed by atoms with Crippen molar-refractivity contribution in [1.29, 1.82) is 0 Å². The average molecular weight is 196 g/mol. The first kappa shape index (κ1) is 10.5. The molecule has 0 N–H and O–H groups in total. The first-order valence-corrected chi connectivity index (χ1v) is 5.83. The van der Waals surface area contributed by atoms with Crippen LogP contribution in [0.15, 0.2) is 29.2 Å². The van der Waals surface area contributed by atoms with Crippen molar-refractivity contribution >= 4 is 10.8 Å². The van der Waals surface area contributed by atoms with E-state index in [4.69, 9.17) is 0 Å². The number of benzene rings is 1. The van der Waals surface area contributed by atoms with E-state index in [1.165, 1.54) is 5.56 Å². The lowest BCUT2D eigenvalue weighted by atomic mass is 10.2. The van der Waals surface area contributed by atoms with Gasteiger partial charge in [-0.15, -0.1) is 0 Å². The molecule has 0 saturated carbocycles. The van der Waals surface area contributed by atoms with Crippen molar-refractivity contribution < 1.29 is 4.21 Å². The summed E-state index contributed by atoms with van der Waals surface area (Å²) in [7, 11) is -0.836. The average Bonchev–Trinajstić information content (AvgIpc) is 2.17. The Hall–Kier alpha value is -0.630. The van der Waals surface area contributed by atoms with Gasteiger partial charge in [0.2, 0.25) is 0 Å². The van der Waals surface area contributed by atoms with Crippen LogP contribution in [0.4, 0.5) is 0 Å². The van der Waals surface area contributed by atoms with Crippen LogP contribution in [0.5, 0.6) is 0 Å². The fraction of sp³-hybridized carbons (Fsp3) is 0.455. The van der Waals surface area contributed by atoms with Crippen molar-refractivity contribution in [3.63, 3.8) is 0 Å². The zero-order valence-corrected chi connectivity index (χ0v) is 9.23. The monoisotopic (exact) mass is 196 g/mol. The molecule has 1 aromatic carbocycles. The van der Waals surface area contributed by atoms with Crippen molar-refractivity contribution in [3.05, 3.63) is 29.8 Å². The highest BCUT2D eigenvalue weighted by Crippen LogP contribution is 2.13. The highest BCUT2D eigenvalue weighted by atomic mass is 32.2. The first-order chi connectivity index (χ1) is 6.15. The minimum atomic E-state index is -0.836. The van der Waals surface area contributed by atoms with E-state index < -0.39 is 10.8 Å². The third-order valence-corrected chi connectivity index (χ3v) is 3.99. The van der Waals surface area contributed by atoms with Crippen LogP contribution in [0.2, 0.25) is 0 Å². The highest BCUT2D eigenvalue weighted by molar-refractivity contribution is 7.85. The second kappa shape index (κ2) is 4.56. The Morgan fingerprint density at radius 2 is 1.85 bits per heavy atom. The number of hydrogen-bond acceptors (Lipinski definition) is 1. The summed E-state index contributed by atoms with van der Waals surface area (Å²) in [5, 5.41) is 0.253. The maximum Gasteiger partial charge on any atom is 0.0557 e. The van der Waals surface area contributed by atoms with E-state index >= 15 is 0 Å². The topological polar surface area (TPSA) is 17.1 Å². The predicted octanol–water partition coefficient (Wildman–Crippen LogP) is 2.90. The quantitative estimate of drug-likeness (QED) is 0.726. The molecule has 0 radical (unpaired) electrons. The molecule has 0 unspecified atom stereocenters. The summed E-state index contributed by atoms with van der Waals surface area (Å²) in [6.07, 6.45) is 0.959. The molecule has 1 rings (SSSR count). The molecule has 2 atom stereocenters. The number of hydrogen-bond donors (Lipinski definition) is 0. The largest absolute Gasteiger partial charge is 0.254 e. The minimum absolute atomic E-state index is 0.253. The van der Waals surface area contributed by atoms with Gasteiger partial charge in [-0.3, -0.25) is 4.21 Å². The Morgan fingerprint density at radius 1 is 1.31 bits per heavy atom. The SMILES string of the molecule is CC[C@@H](C)[S@@](=O)c1ccc(C)cc1. The van der Waals surface area contributed by atoms with Crippen LogP contribution in [0.1, 0.15) is 25.8 Å². The van der Waals surface area contributed by atoms with Crippen LogP contribution >= 0.6 is 0 Å². The second-order valence-electron chi connectivity index (χ2n) is 3.33. The minimum Gasteiger partial charge on any atom is -0.254 e. The van der Waals surface area contributed by atoms with Gasteiger partial charge in [0, 0.05) is 10.1 Å². The van der Waals surface area contributed by atoms with Gasteiger partial charge in [0.15, 0.2) is 0 Å². The summed E-state index contributed by atoms with van der Waals surface area (Å²) in [6.45, 7) is 6.13. The van der Waals surface area contributed by atoms with Gasteiger partial charge in [-0.05, 0) is 25.5 Å². The van der Waals surface area contributed by atoms with Crippen LogP contribution in [0.25, 0.3) is 0 Å². The summed E-state index contributed by atoms with van der Waals surface area (Å²) < 4.78 is 11.8. The molecular formula is C11H16OS. The maximum atomic E-state index is 11.8. The molecule has 72 valence electrons. The normalized spacial score (nSPS) is 15.3. The molecule has 0 spiro atoms. The molecule has 0 aliphatic rings. The summed E-state index contributed by atoms with van der Waals surface area (Å²) in [6, 6.07) is 7.93. The van der Waals surface area contributed by atoms with Gasteiger partial charge in [0.05, 0.1) is 10.8 Å². The third-order valence-electron chi connectivity index (χ3n) is 2.19. The summed E-state index contributed by atoms with van der Waals surface area (Å²) in [4.78, 5) is 0.944. The van der Waals surface area contributed by atoms with Crippen LogP contribution in [0.3, 0.4) is 0 Å². The van der Waals surface area contributed by atoms with Gasteiger partial charge in [-0.1, -0.05) is 31.5 Å². The summed E-state index contributed by atoms with van der Waals surface area (Å²) in [5.74, 6) is 0. The van der Waals surface area contributed by atoms with E-state index in [0.29, 0.717) is 0 Å². The third kappa shape index (κ3) is 2.66. The van der Waals surface area contributed by atoms with E-state index in [0.717, 1.165) is 11.3 Å². The standard InChI is InChI=1S/C11H16OS/c1-4-10(3)13(12)11-7-5-9(2)6-8-11/h5-8,10H,4H2,1-3H3/t10-,13-/m1/s1. The molecule has 13 heavy (non-hydrogen) atoms. The Morgan fingerprint density at radius 3 is 2.31 bits per heavy atom. The Labute approximate surface area is 82.6 Å². The second-order valence-corrected chi connectivity index (χ2v) is 5.20. The van der Waals surface area contributed by atoms with Gasteiger partial charge in [-0.25, -0.2) is 0 Å². The zero-order valence-electron chi connectivity index (χ0n) is 8.41. The van der Waals surface area contributed by atoms with Crippen molar-refractivity contribution in [3.8, 4) is 0 Å². The van der Waals surface area contributed by atoms with E-state index in [1.54, 1.807) is 0 Å². The van der Waals surface area contributed by atoms with Gasteiger partial charge >= 0.3 is 0 Å². The molecule has 0 fully saturated rings. The Bertz CT molecular complexity index is 289. The summed E-state index contributed by atoms with van der Waals surface area (Å²) in [5.41, 5.74) is 1.21. The van der Waals surface area contributed by atoms with Crippen molar-refractivity contribution in [2.45, 2.75) is 37.3 Å². The van der Waals surface area contributed by atoms with E-state index in [-0.39, 0.29) is 5.25 Å². The van der Waals surface area contributed by atoms with Crippen molar-refractivity contribution in [1.82, 2.24) is 0 Å². The molecule has 0 saturated heterocycles. The van der Waals surface area contributed by atoms with E-state index in [1.807, 2.05) is 38.1 Å². The number of aryl methyl sites for hydroxylation is 1. The summed E-state index contributed by atoms with van der Waals surface area (Å²) >= 11 is 0. The zero-order chi connectivity index (χ0) is 9.84. The molecule has 0 aliphatic heterocycles. The highest BCUT2D eigenvalue weighted by Gasteiger charge is 2.10. The van der Waals surface area contributed by atoms with Crippen LogP contribution < -0.4 is 0 Å². The molecule has 1 nitrogen and oxygen atoms in total. The fourth-order valence-electron chi connectivity index (χ4n) is 1.06. The predicted molar refractivity (Wildman–Crippen MR) is 57.3 cm³/mol. The number of rotatable bonds is 3. The lowest BCUT2D eigenvalue weighted by Crippen LogP contribution is -2.09. The molecule has 0 heterocycles. The smallest absolute Gasteiger partial charge is 0.0557 e. The van der Waals surface area contributed by atoms with Crippen LogP contribution in [-0.2, 0) is 10.8 Å². The van der Waals surface area contributed by atoms with Gasteiger partial charge in [0.25, 0.3) is 0 Å². The van der Waals surface area contributed by atoms with Gasteiger partial charge in [0.1, 0.15) is 0 Å². The molecule has 0 aliphatic carbocycles. The van der Waals surface area contributed by atoms with E-state index in [2.05, 4.69) is 6.92 Å². The van der Waals surface area contributed by atoms with Crippen LogP contribution in [-0.4, -0.2) is 9.46 Å². The van der Waals surface area contributed by atoms with E-state index in [9.17, 15) is 4.21 Å². The lowest BCUT2D eigenvalue weighted by Gasteiger charge is -2.08. The molecule has 0 bridgehead atoms. The van der Waals surface area contributed by atoms with Gasteiger partial charge in [-0.2, -0.15) is 0 Å². The van der Waals surface area contributed by atoms with Crippen molar-refractivity contribution in [2.75, 3.05) is 0 Å². The maximum absolute atomic E-state index is 11.8. The molecule has 1 aromatic rings. The Kier molecular flexibility index (Phi) is 3.67. The lowest BCUT2D eigenvalue weighted by molar-refractivity contribution is 0.670. The molecular weight excluding hydrogens is 180 g/mol. The molecule has 0 aromatic heterocycles. The van der Waals surface area contributed by atoms with Gasteiger partial charge < -0.3 is 0 Å². The fourth-order valence-corrected chi connectivity index (χ4v) is 2.23.